The van der Waals surface area contributed by atoms with E-state index < -0.39 is 5.97 Å². The van der Waals surface area contributed by atoms with E-state index in [1.165, 1.54) is 22.5 Å². The summed E-state index contributed by atoms with van der Waals surface area (Å²) < 4.78 is 37.0. The minimum atomic E-state index is -0.496. The summed E-state index contributed by atoms with van der Waals surface area (Å²) in [6.07, 6.45) is 14.8. The Morgan fingerprint density at radius 1 is 0.742 bits per heavy atom. The number of benzene rings is 4. The number of rotatable bonds is 24. The van der Waals surface area contributed by atoms with Crippen molar-refractivity contribution in [2.75, 3.05) is 44.8 Å². The maximum absolute atomic E-state index is 13.0. The number of aromatic nitrogens is 1. The Labute approximate surface area is 394 Å². The van der Waals surface area contributed by atoms with Crippen LogP contribution in [0.15, 0.2) is 109 Å². The number of carbonyl (C=O) groups excluding carboxylic acids is 2. The molecule has 2 aliphatic rings. The molecule has 7 rings (SSSR count). The average molecular weight is 916 g/mol. The van der Waals surface area contributed by atoms with E-state index in [0.29, 0.717) is 60.0 Å². The number of esters is 2. The maximum Gasteiger partial charge on any atom is 0.330 e. The first-order chi connectivity index (χ1) is 32.3. The minimum Gasteiger partial charge on any atom is -0.493 e. The lowest BCUT2D eigenvalue weighted by atomic mass is 9.82. The third kappa shape index (κ3) is 14.6. The van der Waals surface area contributed by atoms with Crippen molar-refractivity contribution in [2.24, 2.45) is 28.8 Å². The molecule has 0 bridgehead atoms. The monoisotopic (exact) mass is 915 g/mol. The minimum absolute atomic E-state index is 0.102. The van der Waals surface area contributed by atoms with E-state index in [0.717, 1.165) is 105 Å². The van der Waals surface area contributed by atoms with Crippen LogP contribution in [0.1, 0.15) is 94.7 Å². The van der Waals surface area contributed by atoms with Gasteiger partial charge in [-0.05, 0) is 148 Å². The average Bonchev–Trinajstić information content (AvgIpc) is 3.79. The predicted octanol–water partition coefficient (Wildman–Crippen LogP) is 11.8. The fourth-order valence-corrected chi connectivity index (χ4v) is 9.52. The van der Waals surface area contributed by atoms with Crippen LogP contribution in [0.2, 0.25) is 0 Å². The van der Waals surface area contributed by atoms with Crippen LogP contribution in [-0.4, -0.2) is 62.9 Å². The lowest BCUT2D eigenvalue weighted by molar-refractivity contribution is -0.140. The molecule has 0 saturated heterocycles. The molecule has 1 aromatic heterocycles. The molecule has 1 heterocycles. The third-order valence-electron chi connectivity index (χ3n) is 12.4. The first-order valence-corrected chi connectivity index (χ1v) is 24.6. The molecule has 4 aromatic carbocycles. The maximum atomic E-state index is 13.0. The number of hydrogen-bond donors (Lipinski definition) is 0. The second-order valence-electron chi connectivity index (χ2n) is 17.5. The predicted molar refractivity (Wildman–Crippen MR) is 262 cm³/mol. The highest BCUT2D eigenvalue weighted by atomic mass is 32.1. The van der Waals surface area contributed by atoms with Gasteiger partial charge in [0.2, 0.25) is 5.13 Å². The van der Waals surface area contributed by atoms with E-state index in [4.69, 9.17) is 38.5 Å². The van der Waals surface area contributed by atoms with Crippen LogP contribution in [0, 0.1) is 23.7 Å². The van der Waals surface area contributed by atoms with Gasteiger partial charge in [-0.15, -0.1) is 0 Å². The molecule has 350 valence electrons. The molecule has 66 heavy (non-hydrogen) atoms. The van der Waals surface area contributed by atoms with Crippen LogP contribution in [0.25, 0.3) is 10.2 Å². The molecule has 2 fully saturated rings. The summed E-state index contributed by atoms with van der Waals surface area (Å²) in [6.45, 7) is 10.3. The summed E-state index contributed by atoms with van der Waals surface area (Å²) in [5, 5.41) is 7.33. The van der Waals surface area contributed by atoms with Crippen LogP contribution in [0.4, 0.5) is 5.13 Å². The van der Waals surface area contributed by atoms with E-state index in [9.17, 15) is 9.59 Å². The second kappa shape index (κ2) is 25.3. The first-order valence-electron chi connectivity index (χ1n) is 23.8. The number of nitrogens with zero attached hydrogens (tertiary/aromatic N) is 3. The highest BCUT2D eigenvalue weighted by Gasteiger charge is 2.28. The molecule has 5 aromatic rings. The molecule has 0 N–H and O–H groups in total. The molecular formula is C54H65N3O8S. The second-order valence-corrected chi connectivity index (χ2v) is 18.5. The number of para-hydroxylation sites is 1. The Morgan fingerprint density at radius 3 is 2.03 bits per heavy atom. The molecule has 0 spiro atoms. The number of ether oxygens (including phenoxy) is 6. The van der Waals surface area contributed by atoms with E-state index in [1.807, 2.05) is 78.9 Å². The molecule has 0 amide bonds. The Hall–Kier alpha value is -5.72. The topological polar surface area (TPSA) is 118 Å². The summed E-state index contributed by atoms with van der Waals surface area (Å²) in [7, 11) is 0. The molecular weight excluding hydrogens is 851 g/mol. The van der Waals surface area contributed by atoms with Crippen LogP contribution < -0.4 is 24.0 Å². The summed E-state index contributed by atoms with van der Waals surface area (Å²) >= 11 is 1.52. The van der Waals surface area contributed by atoms with Crippen molar-refractivity contribution in [3.05, 3.63) is 120 Å². The molecule has 0 aliphatic heterocycles. The van der Waals surface area contributed by atoms with Gasteiger partial charge in [-0.2, -0.15) is 5.10 Å². The smallest absolute Gasteiger partial charge is 0.330 e. The summed E-state index contributed by atoms with van der Waals surface area (Å²) in [4.78, 5) is 29.8. The zero-order chi connectivity index (χ0) is 45.9. The van der Waals surface area contributed by atoms with Gasteiger partial charge in [-0.25, -0.2) is 14.8 Å². The van der Waals surface area contributed by atoms with Gasteiger partial charge in [0.15, 0.2) is 6.79 Å². The van der Waals surface area contributed by atoms with Gasteiger partial charge in [0.05, 0.1) is 48.7 Å². The number of hydrogen-bond acceptors (Lipinski definition) is 12. The summed E-state index contributed by atoms with van der Waals surface area (Å²) in [6, 6.07) is 30.0. The van der Waals surface area contributed by atoms with Crippen molar-refractivity contribution >= 4 is 44.8 Å². The number of thiazole rings is 1. The molecule has 12 heteroatoms. The van der Waals surface area contributed by atoms with Crippen molar-refractivity contribution in [2.45, 2.75) is 90.9 Å². The van der Waals surface area contributed by atoms with Gasteiger partial charge >= 0.3 is 11.9 Å². The van der Waals surface area contributed by atoms with Crippen molar-refractivity contribution in [1.82, 2.24) is 4.98 Å². The lowest BCUT2D eigenvalue weighted by Crippen LogP contribution is -2.27. The van der Waals surface area contributed by atoms with Crippen LogP contribution in [-0.2, 0) is 31.9 Å². The fraction of sp³-hybridized carbons (Fsp3) is 0.444. The molecule has 2 saturated carbocycles. The Bertz CT molecular complexity index is 2280. The van der Waals surface area contributed by atoms with E-state index >= 15 is 0 Å². The lowest BCUT2D eigenvalue weighted by Gasteiger charge is -2.28. The van der Waals surface area contributed by atoms with Crippen molar-refractivity contribution in [1.29, 1.82) is 0 Å². The van der Waals surface area contributed by atoms with Crippen molar-refractivity contribution in [3.8, 4) is 23.0 Å². The molecule has 11 nitrogen and oxygen atoms in total. The van der Waals surface area contributed by atoms with E-state index in [1.54, 1.807) is 11.2 Å². The first kappa shape index (κ1) is 48.2. The molecule has 0 radical (unpaired) electrons. The van der Waals surface area contributed by atoms with Crippen LogP contribution in [0.3, 0.4) is 0 Å². The van der Waals surface area contributed by atoms with Gasteiger partial charge in [0.1, 0.15) is 29.6 Å². The van der Waals surface area contributed by atoms with Crippen LogP contribution in [0.5, 0.6) is 23.0 Å². The van der Waals surface area contributed by atoms with Gasteiger partial charge in [-0.3, -0.25) is 4.79 Å². The number of fused-ring (bicyclic) bond motifs is 1. The van der Waals surface area contributed by atoms with Gasteiger partial charge in [0, 0.05) is 11.6 Å². The molecule has 0 atom stereocenters. The SMILES string of the molecule is C=CC(=O)OCCN(/N=C/c1cc(OCC2CCC(C(=O)Oc3ccc(CCC)cc3)CC2)ccc1OCC1CCC(COCOc2ccc(CCC)cc2)CC1)c1nc2ccccc2s1. The standard InChI is InChI=1S/C54H65N3O8S/c1-4-9-39-19-25-46(26-20-39)64-38-60-35-41-13-15-42(16-14-41)37-63-50-30-29-48(62-36-43-17-23-44(24-18-43)53(59)65-47-27-21-40(10-5-2)22-28-47)33-45(50)34-55-57(31-32-61-52(58)6-3)54-56-49-11-7-8-12-51(49)66-54/h6-8,11-12,19-22,25-30,33-34,41-44H,3-5,9-10,13-18,23-24,31-32,35-38H2,1-2H3/b55-34+. The zero-order valence-corrected chi connectivity index (χ0v) is 39.4. The number of hydrazone groups is 1. The van der Waals surface area contributed by atoms with Gasteiger partial charge < -0.3 is 28.4 Å². The molecule has 2 aliphatic carbocycles. The number of carbonyl (C=O) groups is 2. The van der Waals surface area contributed by atoms with Crippen molar-refractivity contribution in [3.63, 3.8) is 0 Å². The number of aryl methyl sites for hydroxylation is 2. The summed E-state index contributed by atoms with van der Waals surface area (Å²) in [5.74, 6) is 3.32. The fourth-order valence-electron chi connectivity index (χ4n) is 8.57. The number of anilines is 1. The van der Waals surface area contributed by atoms with Gasteiger partial charge in [0.25, 0.3) is 0 Å². The quantitative estimate of drug-likeness (QED) is 0.0113. The largest absolute Gasteiger partial charge is 0.493 e. The van der Waals surface area contributed by atoms with E-state index in [2.05, 4.69) is 32.6 Å². The Kier molecular flexibility index (Phi) is 18.5. The van der Waals surface area contributed by atoms with Gasteiger partial charge in [-0.1, -0.05) is 81.0 Å². The Morgan fingerprint density at radius 2 is 1.36 bits per heavy atom. The summed E-state index contributed by atoms with van der Waals surface area (Å²) in [5.41, 5.74) is 4.20. The Balaban J connectivity index is 0.955. The molecule has 0 unspecified atom stereocenters. The van der Waals surface area contributed by atoms with Crippen LogP contribution >= 0.6 is 11.3 Å². The normalized spacial score (nSPS) is 18.5. The third-order valence-corrected chi connectivity index (χ3v) is 13.5. The zero-order valence-electron chi connectivity index (χ0n) is 38.6. The highest BCUT2D eigenvalue weighted by Crippen LogP contribution is 2.34. The highest BCUT2D eigenvalue weighted by molar-refractivity contribution is 7.22. The van der Waals surface area contributed by atoms with E-state index in [-0.39, 0.29) is 31.8 Å². The van der Waals surface area contributed by atoms with Crippen molar-refractivity contribution < 1.29 is 38.0 Å².